The lowest BCUT2D eigenvalue weighted by atomic mass is 9.85. The monoisotopic (exact) mass is 305 g/mol. The van der Waals surface area contributed by atoms with Gasteiger partial charge >= 0.3 is 0 Å². The van der Waals surface area contributed by atoms with Crippen molar-refractivity contribution in [3.05, 3.63) is 35.0 Å². The number of para-hydroxylation sites is 1. The van der Waals surface area contributed by atoms with Crippen molar-refractivity contribution in [2.75, 3.05) is 0 Å². The summed E-state index contributed by atoms with van der Waals surface area (Å²) in [4.78, 5) is 14.5. The fraction of sp³-hybridized carbons (Fsp3) is 0.438. The summed E-state index contributed by atoms with van der Waals surface area (Å²) in [7, 11) is 0. The second-order valence-electron chi connectivity index (χ2n) is 5.79. The van der Waals surface area contributed by atoms with E-state index in [-0.39, 0.29) is 11.8 Å². The normalized spacial score (nSPS) is 22.5. The van der Waals surface area contributed by atoms with Gasteiger partial charge in [0.05, 0.1) is 5.02 Å². The van der Waals surface area contributed by atoms with E-state index in [1.165, 1.54) is 0 Å². The van der Waals surface area contributed by atoms with Gasteiger partial charge in [-0.15, -0.1) is 0 Å². The maximum absolute atomic E-state index is 11.2. The highest BCUT2D eigenvalue weighted by Gasteiger charge is 2.24. The predicted octanol–water partition coefficient (Wildman–Crippen LogP) is 2.96. The minimum Gasteiger partial charge on any atom is -0.369 e. The average Bonchev–Trinajstić information content (AvgIpc) is 2.82. The first kappa shape index (κ1) is 14.4. The van der Waals surface area contributed by atoms with E-state index < -0.39 is 0 Å². The van der Waals surface area contributed by atoms with Gasteiger partial charge in [0.1, 0.15) is 0 Å². The van der Waals surface area contributed by atoms with Gasteiger partial charge in [-0.05, 0) is 31.7 Å². The Labute approximate surface area is 129 Å². The smallest absolute Gasteiger partial charge is 0.220 e. The molecule has 1 aliphatic carbocycles. The molecule has 0 radical (unpaired) electrons. The second-order valence-corrected chi connectivity index (χ2v) is 6.17. The Morgan fingerprint density at radius 3 is 2.67 bits per heavy atom. The molecule has 112 valence electrons. The summed E-state index contributed by atoms with van der Waals surface area (Å²) in [6.45, 7) is 0.722. The summed E-state index contributed by atoms with van der Waals surface area (Å²) >= 11 is 6.41. The number of fused-ring (bicyclic) bond motifs is 1. The van der Waals surface area contributed by atoms with E-state index in [1.54, 1.807) is 0 Å². The fourth-order valence-corrected chi connectivity index (χ4v) is 3.39. The van der Waals surface area contributed by atoms with Crippen LogP contribution in [-0.4, -0.2) is 16.9 Å². The standard InChI is InChI=1S/C16H20ClN3O/c17-15-12-3-1-2-4-13(12)20-14(15)9-19-11-7-5-10(6-8-11)16(18)21/h1-4,10-11,19-20H,5-9H2,(H2,18,21). The minimum absolute atomic E-state index is 0.0553. The van der Waals surface area contributed by atoms with E-state index in [1.807, 2.05) is 24.3 Å². The molecular formula is C16H20ClN3O. The number of aromatic amines is 1. The molecule has 4 nitrogen and oxygen atoms in total. The zero-order valence-electron chi connectivity index (χ0n) is 11.9. The number of nitrogens with two attached hydrogens (primary N) is 1. The summed E-state index contributed by atoms with van der Waals surface area (Å²) in [5, 5.41) is 5.39. The number of rotatable bonds is 4. The van der Waals surface area contributed by atoms with Crippen molar-refractivity contribution in [1.82, 2.24) is 10.3 Å². The van der Waals surface area contributed by atoms with Crippen molar-refractivity contribution in [2.45, 2.75) is 38.3 Å². The molecule has 1 saturated carbocycles. The maximum Gasteiger partial charge on any atom is 0.220 e. The Morgan fingerprint density at radius 1 is 1.29 bits per heavy atom. The lowest BCUT2D eigenvalue weighted by molar-refractivity contribution is -0.122. The highest BCUT2D eigenvalue weighted by molar-refractivity contribution is 6.36. The van der Waals surface area contributed by atoms with Crippen LogP contribution >= 0.6 is 11.6 Å². The third-order valence-electron chi connectivity index (χ3n) is 4.41. The van der Waals surface area contributed by atoms with Gasteiger partial charge in [-0.2, -0.15) is 0 Å². The quantitative estimate of drug-likeness (QED) is 0.812. The molecule has 1 fully saturated rings. The molecule has 0 spiro atoms. The van der Waals surface area contributed by atoms with Crippen LogP contribution < -0.4 is 11.1 Å². The number of primary amides is 1. The van der Waals surface area contributed by atoms with Crippen molar-refractivity contribution >= 4 is 28.4 Å². The van der Waals surface area contributed by atoms with Crippen LogP contribution in [0.4, 0.5) is 0 Å². The van der Waals surface area contributed by atoms with Crippen LogP contribution in [0.2, 0.25) is 5.02 Å². The van der Waals surface area contributed by atoms with Gasteiger partial charge in [-0.25, -0.2) is 0 Å². The number of amides is 1. The van der Waals surface area contributed by atoms with Gasteiger partial charge in [0.25, 0.3) is 0 Å². The predicted molar refractivity (Wildman–Crippen MR) is 85.1 cm³/mol. The Hall–Kier alpha value is -1.52. The lowest BCUT2D eigenvalue weighted by Crippen LogP contribution is -2.36. The summed E-state index contributed by atoms with van der Waals surface area (Å²) in [5.41, 5.74) is 7.45. The maximum atomic E-state index is 11.2. The molecule has 21 heavy (non-hydrogen) atoms. The number of carbonyl (C=O) groups excluding carboxylic acids is 1. The van der Waals surface area contributed by atoms with E-state index in [0.717, 1.165) is 53.8 Å². The molecule has 1 amide bonds. The highest BCUT2D eigenvalue weighted by atomic mass is 35.5. The minimum atomic E-state index is -0.160. The van der Waals surface area contributed by atoms with Gasteiger partial charge in [0.15, 0.2) is 0 Å². The molecule has 0 unspecified atom stereocenters. The first-order valence-corrected chi connectivity index (χ1v) is 7.80. The summed E-state index contributed by atoms with van der Waals surface area (Å²) < 4.78 is 0. The molecule has 1 aliphatic rings. The van der Waals surface area contributed by atoms with Crippen LogP contribution in [0.15, 0.2) is 24.3 Å². The topological polar surface area (TPSA) is 70.9 Å². The average molecular weight is 306 g/mol. The molecule has 4 N–H and O–H groups in total. The van der Waals surface area contributed by atoms with Crippen LogP contribution in [0, 0.1) is 5.92 Å². The number of aromatic nitrogens is 1. The number of hydrogen-bond acceptors (Lipinski definition) is 2. The number of carbonyl (C=O) groups is 1. The number of hydrogen-bond donors (Lipinski definition) is 3. The van der Waals surface area contributed by atoms with Gasteiger partial charge in [-0.3, -0.25) is 4.79 Å². The molecule has 1 heterocycles. The Kier molecular flexibility index (Phi) is 4.17. The van der Waals surface area contributed by atoms with Crippen LogP contribution in [0.5, 0.6) is 0 Å². The van der Waals surface area contributed by atoms with Crippen LogP contribution in [0.25, 0.3) is 10.9 Å². The molecule has 0 aliphatic heterocycles. The molecule has 1 aromatic heterocycles. The van der Waals surface area contributed by atoms with Gasteiger partial charge < -0.3 is 16.0 Å². The van der Waals surface area contributed by atoms with Crippen molar-refractivity contribution in [3.63, 3.8) is 0 Å². The van der Waals surface area contributed by atoms with Crippen molar-refractivity contribution in [3.8, 4) is 0 Å². The van der Waals surface area contributed by atoms with Crippen molar-refractivity contribution in [1.29, 1.82) is 0 Å². The van der Waals surface area contributed by atoms with E-state index >= 15 is 0 Å². The lowest BCUT2D eigenvalue weighted by Gasteiger charge is -2.27. The fourth-order valence-electron chi connectivity index (χ4n) is 3.11. The Bertz CT molecular complexity index is 644. The summed E-state index contributed by atoms with van der Waals surface area (Å²) in [6.07, 6.45) is 3.75. The first-order chi connectivity index (χ1) is 10.1. The number of halogens is 1. The molecule has 0 saturated heterocycles. The molecular weight excluding hydrogens is 286 g/mol. The Balaban J connectivity index is 1.60. The third-order valence-corrected chi connectivity index (χ3v) is 4.84. The molecule has 1 aromatic carbocycles. The largest absolute Gasteiger partial charge is 0.369 e. The molecule has 0 bridgehead atoms. The summed E-state index contributed by atoms with van der Waals surface area (Å²) in [6, 6.07) is 8.48. The zero-order chi connectivity index (χ0) is 14.8. The molecule has 3 rings (SSSR count). The highest BCUT2D eigenvalue weighted by Crippen LogP contribution is 2.28. The molecule has 5 heteroatoms. The van der Waals surface area contributed by atoms with Crippen LogP contribution in [0.3, 0.4) is 0 Å². The van der Waals surface area contributed by atoms with Crippen LogP contribution in [-0.2, 0) is 11.3 Å². The van der Waals surface area contributed by atoms with E-state index in [4.69, 9.17) is 17.3 Å². The number of benzene rings is 1. The van der Waals surface area contributed by atoms with E-state index in [0.29, 0.717) is 6.04 Å². The summed E-state index contributed by atoms with van der Waals surface area (Å²) in [5.74, 6) is -0.105. The number of H-pyrrole nitrogens is 1. The second kappa shape index (κ2) is 6.08. The van der Waals surface area contributed by atoms with Crippen molar-refractivity contribution in [2.24, 2.45) is 11.7 Å². The first-order valence-electron chi connectivity index (χ1n) is 7.43. The number of nitrogens with one attached hydrogen (secondary N) is 2. The van der Waals surface area contributed by atoms with Gasteiger partial charge in [0, 0.05) is 35.1 Å². The molecule has 0 atom stereocenters. The Morgan fingerprint density at radius 2 is 2.00 bits per heavy atom. The SMILES string of the molecule is NC(=O)C1CCC(NCc2[nH]c3ccccc3c2Cl)CC1. The zero-order valence-corrected chi connectivity index (χ0v) is 12.6. The van der Waals surface area contributed by atoms with Crippen molar-refractivity contribution < 1.29 is 4.79 Å². The van der Waals surface area contributed by atoms with Crippen LogP contribution in [0.1, 0.15) is 31.4 Å². The van der Waals surface area contributed by atoms with E-state index in [9.17, 15) is 4.79 Å². The van der Waals surface area contributed by atoms with Gasteiger partial charge in [0.2, 0.25) is 5.91 Å². The molecule has 2 aromatic rings. The third kappa shape index (κ3) is 3.06. The van der Waals surface area contributed by atoms with Gasteiger partial charge in [-0.1, -0.05) is 29.8 Å². The van der Waals surface area contributed by atoms with E-state index in [2.05, 4.69) is 10.3 Å².